The van der Waals surface area contributed by atoms with Gasteiger partial charge in [0.05, 0.1) is 6.54 Å². The highest BCUT2D eigenvalue weighted by molar-refractivity contribution is 9.10. The predicted octanol–water partition coefficient (Wildman–Crippen LogP) is 2.06. The molecule has 1 N–H and O–H groups in total. The van der Waals surface area contributed by atoms with E-state index >= 15 is 0 Å². The Morgan fingerprint density at radius 3 is 2.82 bits per heavy atom. The Hall–Kier alpha value is -0.830. The molecule has 3 heteroatoms. The number of rotatable bonds is 3. The first-order valence-electron chi connectivity index (χ1n) is 3.26. The molecule has 0 radical (unpaired) electrons. The van der Waals surface area contributed by atoms with Crippen molar-refractivity contribution in [2.75, 3.05) is 11.9 Å². The van der Waals surface area contributed by atoms with Crippen molar-refractivity contribution in [2.24, 2.45) is 0 Å². The monoisotopic (exact) mass is 213 g/mol. The van der Waals surface area contributed by atoms with Crippen LogP contribution >= 0.6 is 15.9 Å². The Labute approximate surface area is 73.7 Å². The number of halogens is 1. The first-order valence-corrected chi connectivity index (χ1v) is 4.06. The number of carbonyl (C=O) groups is 1. The van der Waals surface area contributed by atoms with Crippen molar-refractivity contribution in [3.63, 3.8) is 0 Å². The van der Waals surface area contributed by atoms with Gasteiger partial charge in [-0.2, -0.15) is 0 Å². The first kappa shape index (κ1) is 8.27. The van der Waals surface area contributed by atoms with E-state index in [0.717, 1.165) is 16.4 Å². The van der Waals surface area contributed by atoms with E-state index in [9.17, 15) is 4.79 Å². The number of aldehydes is 1. The van der Waals surface area contributed by atoms with E-state index in [2.05, 4.69) is 21.2 Å². The fourth-order valence-corrected chi connectivity index (χ4v) is 1.18. The van der Waals surface area contributed by atoms with Gasteiger partial charge in [0.1, 0.15) is 6.29 Å². The van der Waals surface area contributed by atoms with Crippen LogP contribution in [0.1, 0.15) is 0 Å². The van der Waals surface area contributed by atoms with Crippen molar-refractivity contribution < 1.29 is 4.79 Å². The van der Waals surface area contributed by atoms with Gasteiger partial charge in [-0.1, -0.05) is 12.1 Å². The molecule has 2 nitrogen and oxygen atoms in total. The maximum Gasteiger partial charge on any atom is 0.139 e. The van der Waals surface area contributed by atoms with Gasteiger partial charge in [0.2, 0.25) is 0 Å². The standard InChI is InChI=1S/C8H8BrNO/c9-7-3-1-2-4-8(7)10-5-6-11/h1-4,6,10H,5H2. The fourth-order valence-electron chi connectivity index (χ4n) is 0.756. The molecule has 0 fully saturated rings. The lowest BCUT2D eigenvalue weighted by Crippen LogP contribution is -2.01. The first-order chi connectivity index (χ1) is 5.34. The van der Waals surface area contributed by atoms with Crippen molar-refractivity contribution in [3.8, 4) is 0 Å². The molecule has 0 aromatic heterocycles. The molecule has 0 saturated carbocycles. The Morgan fingerprint density at radius 2 is 2.18 bits per heavy atom. The summed E-state index contributed by atoms with van der Waals surface area (Å²) < 4.78 is 0.974. The van der Waals surface area contributed by atoms with Crippen molar-refractivity contribution in [1.29, 1.82) is 0 Å². The zero-order chi connectivity index (χ0) is 8.10. The van der Waals surface area contributed by atoms with Crippen LogP contribution in [0.25, 0.3) is 0 Å². The van der Waals surface area contributed by atoms with Crippen LogP contribution < -0.4 is 5.32 Å². The third-order valence-corrected chi connectivity index (χ3v) is 1.94. The molecule has 0 aliphatic carbocycles. The van der Waals surface area contributed by atoms with E-state index in [1.807, 2.05) is 24.3 Å². The molecule has 0 amide bonds. The lowest BCUT2D eigenvalue weighted by atomic mass is 10.3. The van der Waals surface area contributed by atoms with Crippen LogP contribution in [0, 0.1) is 0 Å². The quantitative estimate of drug-likeness (QED) is 0.780. The number of hydrogen-bond donors (Lipinski definition) is 1. The van der Waals surface area contributed by atoms with Crippen molar-refractivity contribution in [3.05, 3.63) is 28.7 Å². The average Bonchev–Trinajstić information content (AvgIpc) is 2.03. The summed E-state index contributed by atoms with van der Waals surface area (Å²) >= 11 is 3.35. The maximum atomic E-state index is 10.0. The van der Waals surface area contributed by atoms with E-state index in [1.165, 1.54) is 0 Å². The Morgan fingerprint density at radius 1 is 1.45 bits per heavy atom. The molecule has 0 aliphatic rings. The van der Waals surface area contributed by atoms with E-state index in [4.69, 9.17) is 0 Å². The summed E-state index contributed by atoms with van der Waals surface area (Å²) in [4.78, 5) is 10.0. The van der Waals surface area contributed by atoms with Crippen molar-refractivity contribution in [2.45, 2.75) is 0 Å². The molecule has 1 aromatic rings. The number of hydrogen-bond acceptors (Lipinski definition) is 2. The Bertz CT molecular complexity index is 250. The second kappa shape index (κ2) is 4.13. The number of nitrogens with one attached hydrogen (secondary N) is 1. The Balaban J connectivity index is 2.69. The van der Waals surface area contributed by atoms with E-state index in [1.54, 1.807) is 0 Å². The highest BCUT2D eigenvalue weighted by atomic mass is 79.9. The minimum absolute atomic E-state index is 0.350. The van der Waals surface area contributed by atoms with Gasteiger partial charge >= 0.3 is 0 Å². The van der Waals surface area contributed by atoms with E-state index in [-0.39, 0.29) is 0 Å². The van der Waals surface area contributed by atoms with Gasteiger partial charge in [0.15, 0.2) is 0 Å². The summed E-state index contributed by atoms with van der Waals surface area (Å²) in [5.41, 5.74) is 0.944. The number of benzene rings is 1. The van der Waals surface area contributed by atoms with Gasteiger partial charge in [0, 0.05) is 10.2 Å². The largest absolute Gasteiger partial charge is 0.377 e. The molecule has 0 heterocycles. The highest BCUT2D eigenvalue weighted by Crippen LogP contribution is 2.20. The summed E-state index contributed by atoms with van der Waals surface area (Å²) in [5, 5.41) is 2.95. The average molecular weight is 214 g/mol. The van der Waals surface area contributed by atoms with Crippen LogP contribution in [0.2, 0.25) is 0 Å². The molecule has 0 spiro atoms. The summed E-state index contributed by atoms with van der Waals surface area (Å²) in [6, 6.07) is 7.68. The maximum absolute atomic E-state index is 10.0. The lowest BCUT2D eigenvalue weighted by molar-refractivity contribution is -0.106. The molecule has 0 aliphatic heterocycles. The zero-order valence-electron chi connectivity index (χ0n) is 5.88. The van der Waals surface area contributed by atoms with Crippen LogP contribution in [0.5, 0.6) is 0 Å². The summed E-state index contributed by atoms with van der Waals surface area (Å²) in [6.45, 7) is 0.350. The van der Waals surface area contributed by atoms with Crippen LogP contribution in [0.3, 0.4) is 0 Å². The fraction of sp³-hybridized carbons (Fsp3) is 0.125. The van der Waals surface area contributed by atoms with Crippen LogP contribution in [0.15, 0.2) is 28.7 Å². The van der Waals surface area contributed by atoms with Gasteiger partial charge in [-0.15, -0.1) is 0 Å². The second-order valence-corrected chi connectivity index (χ2v) is 2.88. The topological polar surface area (TPSA) is 29.1 Å². The number of para-hydroxylation sites is 1. The second-order valence-electron chi connectivity index (χ2n) is 2.03. The SMILES string of the molecule is O=CCNc1ccccc1Br. The molecule has 58 valence electrons. The highest BCUT2D eigenvalue weighted by Gasteiger charge is 1.94. The Kier molecular flexibility index (Phi) is 3.11. The van der Waals surface area contributed by atoms with Gasteiger partial charge in [-0.05, 0) is 28.1 Å². The minimum atomic E-state index is 0.350. The van der Waals surface area contributed by atoms with E-state index < -0.39 is 0 Å². The summed E-state index contributed by atoms with van der Waals surface area (Å²) in [6.07, 6.45) is 0.833. The summed E-state index contributed by atoms with van der Waals surface area (Å²) in [7, 11) is 0. The van der Waals surface area contributed by atoms with Crippen LogP contribution in [-0.4, -0.2) is 12.8 Å². The van der Waals surface area contributed by atoms with Gasteiger partial charge in [-0.25, -0.2) is 0 Å². The molecule has 0 saturated heterocycles. The predicted molar refractivity (Wildman–Crippen MR) is 48.7 cm³/mol. The van der Waals surface area contributed by atoms with Crippen molar-refractivity contribution >= 4 is 27.9 Å². The van der Waals surface area contributed by atoms with Gasteiger partial charge in [-0.3, -0.25) is 0 Å². The molecule has 1 aromatic carbocycles. The molecule has 11 heavy (non-hydrogen) atoms. The van der Waals surface area contributed by atoms with Gasteiger partial charge in [0.25, 0.3) is 0 Å². The number of carbonyl (C=O) groups excluding carboxylic acids is 1. The molecule has 0 atom stereocenters. The normalized spacial score (nSPS) is 9.18. The third-order valence-electron chi connectivity index (χ3n) is 1.25. The molecule has 0 bridgehead atoms. The van der Waals surface area contributed by atoms with Crippen molar-refractivity contribution in [1.82, 2.24) is 0 Å². The third kappa shape index (κ3) is 2.35. The smallest absolute Gasteiger partial charge is 0.139 e. The molecular formula is C8H8BrNO. The zero-order valence-corrected chi connectivity index (χ0v) is 7.47. The van der Waals surface area contributed by atoms with E-state index in [0.29, 0.717) is 6.54 Å². The van der Waals surface area contributed by atoms with Gasteiger partial charge < -0.3 is 10.1 Å². The van der Waals surface area contributed by atoms with Crippen LogP contribution in [-0.2, 0) is 4.79 Å². The lowest BCUT2D eigenvalue weighted by Gasteiger charge is -2.03. The summed E-state index contributed by atoms with van der Waals surface area (Å²) in [5.74, 6) is 0. The van der Waals surface area contributed by atoms with Crippen LogP contribution in [0.4, 0.5) is 5.69 Å². The number of anilines is 1. The minimum Gasteiger partial charge on any atom is -0.377 e. The molecule has 0 unspecified atom stereocenters. The molecular weight excluding hydrogens is 206 g/mol. The molecule has 1 rings (SSSR count).